The zero-order valence-electron chi connectivity index (χ0n) is 9.99. The lowest BCUT2D eigenvalue weighted by atomic mass is 9.97. The molecule has 0 saturated carbocycles. The van der Waals surface area contributed by atoms with Crippen molar-refractivity contribution in [2.45, 2.75) is 39.7 Å². The Morgan fingerprint density at radius 2 is 2.07 bits per heavy atom. The maximum atomic E-state index is 4.34. The van der Waals surface area contributed by atoms with Crippen molar-refractivity contribution in [2.24, 2.45) is 5.92 Å². The number of hydrogen-bond donors (Lipinski definition) is 1. The quantitative estimate of drug-likeness (QED) is 0.800. The first-order chi connectivity index (χ1) is 7.11. The molecule has 1 aliphatic heterocycles. The predicted octanol–water partition coefficient (Wildman–Crippen LogP) is 1.49. The molecule has 1 fully saturated rings. The summed E-state index contributed by atoms with van der Waals surface area (Å²) in [4.78, 5) is 0. The van der Waals surface area contributed by atoms with Gasteiger partial charge in [0.25, 0.3) is 0 Å². The topological polar surface area (TPSA) is 42.7 Å². The average Bonchev–Trinajstić information content (AvgIpc) is 2.71. The molecule has 0 radical (unpaired) electrons. The number of nitrogens with zero attached hydrogens (tertiary/aromatic N) is 3. The van der Waals surface area contributed by atoms with Gasteiger partial charge in [-0.25, -0.2) is 0 Å². The lowest BCUT2D eigenvalue weighted by Gasteiger charge is -2.18. The van der Waals surface area contributed by atoms with Crippen LogP contribution in [-0.4, -0.2) is 27.9 Å². The van der Waals surface area contributed by atoms with Gasteiger partial charge in [-0.1, -0.05) is 6.92 Å². The van der Waals surface area contributed by atoms with Crippen LogP contribution in [0.25, 0.3) is 0 Å². The second kappa shape index (κ2) is 3.93. The average molecular weight is 208 g/mol. The molecule has 1 N–H and O–H groups in total. The van der Waals surface area contributed by atoms with Crippen LogP contribution < -0.4 is 5.32 Å². The van der Waals surface area contributed by atoms with E-state index in [1.165, 1.54) is 0 Å². The van der Waals surface area contributed by atoms with Crippen molar-refractivity contribution in [1.29, 1.82) is 0 Å². The van der Waals surface area contributed by atoms with Gasteiger partial charge in [0.1, 0.15) is 11.6 Å². The molecule has 2 atom stereocenters. The van der Waals surface area contributed by atoms with E-state index in [-0.39, 0.29) is 0 Å². The third-order valence-corrected chi connectivity index (χ3v) is 3.26. The summed E-state index contributed by atoms with van der Waals surface area (Å²) in [6, 6.07) is 0.447. The molecule has 1 aromatic heterocycles. The molecule has 1 saturated heterocycles. The minimum absolute atomic E-state index is 0.447. The van der Waals surface area contributed by atoms with Crippen LogP contribution in [-0.2, 0) is 0 Å². The second-order valence-electron chi connectivity index (χ2n) is 4.81. The van der Waals surface area contributed by atoms with Gasteiger partial charge in [-0.3, -0.25) is 0 Å². The van der Waals surface area contributed by atoms with E-state index in [1.807, 2.05) is 6.92 Å². The van der Waals surface area contributed by atoms with E-state index in [0.29, 0.717) is 17.9 Å². The highest BCUT2D eigenvalue weighted by molar-refractivity contribution is 5.07. The van der Waals surface area contributed by atoms with Gasteiger partial charge >= 0.3 is 0 Å². The van der Waals surface area contributed by atoms with Gasteiger partial charge in [0, 0.05) is 18.5 Å². The van der Waals surface area contributed by atoms with Crippen molar-refractivity contribution in [2.75, 3.05) is 13.1 Å². The van der Waals surface area contributed by atoms with Gasteiger partial charge in [0.05, 0.1) is 0 Å². The molecule has 0 aliphatic carbocycles. The Kier molecular flexibility index (Phi) is 2.78. The van der Waals surface area contributed by atoms with Gasteiger partial charge in [0.2, 0.25) is 0 Å². The number of nitrogens with one attached hydrogen (secondary N) is 1. The Hall–Kier alpha value is -0.900. The molecule has 15 heavy (non-hydrogen) atoms. The van der Waals surface area contributed by atoms with Crippen LogP contribution in [0.15, 0.2) is 0 Å². The third-order valence-electron chi connectivity index (χ3n) is 3.26. The minimum Gasteiger partial charge on any atom is -0.316 e. The van der Waals surface area contributed by atoms with Crippen LogP contribution in [0.5, 0.6) is 0 Å². The van der Waals surface area contributed by atoms with Gasteiger partial charge < -0.3 is 9.88 Å². The predicted molar refractivity (Wildman–Crippen MR) is 59.9 cm³/mol. The first-order valence-corrected chi connectivity index (χ1v) is 5.73. The van der Waals surface area contributed by atoms with Crippen molar-refractivity contribution in [3.63, 3.8) is 0 Å². The maximum Gasteiger partial charge on any atom is 0.137 e. The number of rotatable bonds is 2. The summed E-state index contributed by atoms with van der Waals surface area (Å²) in [7, 11) is 0. The smallest absolute Gasteiger partial charge is 0.137 e. The maximum absolute atomic E-state index is 4.34. The van der Waals surface area contributed by atoms with Gasteiger partial charge in [-0.15, -0.1) is 10.2 Å². The Labute approximate surface area is 91.1 Å². The van der Waals surface area contributed by atoms with Gasteiger partial charge in [-0.05, 0) is 33.2 Å². The van der Waals surface area contributed by atoms with E-state index in [4.69, 9.17) is 0 Å². The highest BCUT2D eigenvalue weighted by Gasteiger charge is 2.30. The summed E-state index contributed by atoms with van der Waals surface area (Å²) in [5.74, 6) is 3.36. The summed E-state index contributed by atoms with van der Waals surface area (Å²) in [5, 5.41) is 12.0. The molecule has 1 aliphatic rings. The lowest BCUT2D eigenvalue weighted by molar-refractivity contribution is 0.480. The van der Waals surface area contributed by atoms with Gasteiger partial charge in [-0.2, -0.15) is 0 Å². The summed E-state index contributed by atoms with van der Waals surface area (Å²) >= 11 is 0. The molecule has 1 aromatic rings. The molecule has 4 nitrogen and oxygen atoms in total. The molecule has 84 valence electrons. The fraction of sp³-hybridized carbons (Fsp3) is 0.818. The molecule has 2 rings (SSSR count). The zero-order valence-corrected chi connectivity index (χ0v) is 9.99. The second-order valence-corrected chi connectivity index (χ2v) is 4.81. The molecule has 2 unspecified atom stereocenters. The molecule has 0 amide bonds. The molecule has 0 aromatic carbocycles. The molecular weight excluding hydrogens is 188 g/mol. The Morgan fingerprint density at radius 3 is 2.60 bits per heavy atom. The van der Waals surface area contributed by atoms with Gasteiger partial charge in [0.15, 0.2) is 0 Å². The summed E-state index contributed by atoms with van der Waals surface area (Å²) in [5.41, 5.74) is 0. The fourth-order valence-electron chi connectivity index (χ4n) is 2.43. The Bertz CT molecular complexity index is 342. The van der Waals surface area contributed by atoms with Crippen LogP contribution in [0, 0.1) is 12.8 Å². The van der Waals surface area contributed by atoms with E-state index in [9.17, 15) is 0 Å². The van der Waals surface area contributed by atoms with Crippen LogP contribution in [0.1, 0.15) is 44.4 Å². The van der Waals surface area contributed by atoms with E-state index < -0.39 is 0 Å². The van der Waals surface area contributed by atoms with Crippen molar-refractivity contribution < 1.29 is 0 Å². The number of aromatic nitrogens is 3. The number of hydrogen-bond acceptors (Lipinski definition) is 3. The largest absolute Gasteiger partial charge is 0.316 e. The van der Waals surface area contributed by atoms with Crippen LogP contribution in [0.4, 0.5) is 0 Å². The summed E-state index contributed by atoms with van der Waals surface area (Å²) < 4.78 is 2.26. The normalized spacial score (nSPS) is 26.5. The SMILES string of the molecule is Cc1nnc(C2CNCC2C)n1C(C)C. The zero-order chi connectivity index (χ0) is 11.0. The van der Waals surface area contributed by atoms with Crippen molar-refractivity contribution >= 4 is 0 Å². The minimum atomic E-state index is 0.447. The van der Waals surface area contributed by atoms with Crippen molar-refractivity contribution in [1.82, 2.24) is 20.1 Å². The molecule has 0 spiro atoms. The lowest BCUT2D eigenvalue weighted by Crippen LogP contribution is -2.17. The molecular formula is C11H20N4. The summed E-state index contributed by atoms with van der Waals surface area (Å²) in [6.07, 6.45) is 0. The first kappa shape index (κ1) is 10.6. The highest BCUT2D eigenvalue weighted by atomic mass is 15.3. The van der Waals surface area contributed by atoms with Crippen LogP contribution in [0.2, 0.25) is 0 Å². The van der Waals surface area contributed by atoms with Crippen molar-refractivity contribution in [3.05, 3.63) is 11.6 Å². The van der Waals surface area contributed by atoms with Crippen molar-refractivity contribution in [3.8, 4) is 0 Å². The fourth-order valence-corrected chi connectivity index (χ4v) is 2.43. The molecule has 0 bridgehead atoms. The van der Waals surface area contributed by atoms with E-state index in [1.54, 1.807) is 0 Å². The Morgan fingerprint density at radius 1 is 1.33 bits per heavy atom. The highest BCUT2D eigenvalue weighted by Crippen LogP contribution is 2.28. The van der Waals surface area contributed by atoms with Crippen LogP contribution in [0.3, 0.4) is 0 Å². The van der Waals surface area contributed by atoms with E-state index >= 15 is 0 Å². The first-order valence-electron chi connectivity index (χ1n) is 5.73. The molecule has 2 heterocycles. The Balaban J connectivity index is 2.35. The third kappa shape index (κ3) is 1.78. The monoisotopic (exact) mass is 208 g/mol. The summed E-state index contributed by atoms with van der Waals surface area (Å²) in [6.45, 7) is 10.8. The standard InChI is InChI=1S/C11H20N4/c1-7(2)15-9(4)13-14-11(15)10-6-12-5-8(10)3/h7-8,10,12H,5-6H2,1-4H3. The molecule has 4 heteroatoms. The number of aryl methyl sites for hydroxylation is 1. The van der Waals surface area contributed by atoms with E-state index in [0.717, 1.165) is 24.7 Å². The van der Waals surface area contributed by atoms with Crippen LogP contribution >= 0.6 is 0 Å². The van der Waals surface area contributed by atoms with E-state index in [2.05, 4.69) is 40.9 Å².